The number of anilines is 2. The van der Waals surface area contributed by atoms with Crippen LogP contribution in [0.5, 0.6) is 0 Å². The molecule has 130 valence electrons. The number of fused-ring (bicyclic) bond motifs is 1. The Hall–Kier alpha value is -2.28. The largest absolute Gasteiger partial charge is 0.423 e. The van der Waals surface area contributed by atoms with Crippen LogP contribution in [0.4, 0.5) is 16.5 Å². The van der Waals surface area contributed by atoms with Gasteiger partial charge in [-0.1, -0.05) is 0 Å². The lowest BCUT2D eigenvalue weighted by Crippen LogP contribution is -2.40. The maximum Gasteiger partial charge on any atom is 0.319 e. The fourth-order valence-electron chi connectivity index (χ4n) is 3.03. The van der Waals surface area contributed by atoms with Crippen molar-refractivity contribution in [1.29, 1.82) is 0 Å². The van der Waals surface area contributed by atoms with E-state index in [0.29, 0.717) is 28.7 Å². The molecule has 3 N–H and O–H groups in total. The number of nitrogens with one attached hydrogen (secondary N) is 2. The van der Waals surface area contributed by atoms with Gasteiger partial charge in [-0.3, -0.25) is 0 Å². The van der Waals surface area contributed by atoms with Crippen LogP contribution in [0.3, 0.4) is 0 Å². The molecular weight excluding hydrogens is 308 g/mol. The van der Waals surface area contributed by atoms with Crippen LogP contribution in [0, 0.1) is 5.92 Å². The van der Waals surface area contributed by atoms with Crippen LogP contribution in [0.2, 0.25) is 0 Å². The van der Waals surface area contributed by atoms with Crippen LogP contribution in [0.15, 0.2) is 22.6 Å². The summed E-state index contributed by atoms with van der Waals surface area (Å²) in [7, 11) is 3.73. The van der Waals surface area contributed by atoms with Crippen molar-refractivity contribution in [1.82, 2.24) is 10.3 Å². The van der Waals surface area contributed by atoms with Crippen LogP contribution < -0.4 is 15.5 Å². The summed E-state index contributed by atoms with van der Waals surface area (Å²) in [5.74, 6) is 0.381. The maximum absolute atomic E-state index is 12.2. The number of rotatable bonds is 4. The third-order valence-corrected chi connectivity index (χ3v) is 4.46. The molecule has 1 aliphatic carbocycles. The molecule has 0 spiro atoms. The normalized spacial score (nSPS) is 20.8. The molecule has 2 amide bonds. The van der Waals surface area contributed by atoms with E-state index in [1.807, 2.05) is 14.1 Å². The minimum atomic E-state index is -0.210. The second-order valence-electron chi connectivity index (χ2n) is 6.57. The first-order chi connectivity index (χ1) is 11.5. The molecule has 0 atom stereocenters. The monoisotopic (exact) mass is 332 g/mol. The summed E-state index contributed by atoms with van der Waals surface area (Å²) in [6, 6.07) is 5.90. The van der Waals surface area contributed by atoms with E-state index in [1.165, 1.54) is 0 Å². The van der Waals surface area contributed by atoms with E-state index < -0.39 is 0 Å². The molecule has 3 rings (SSSR count). The first-order valence-electron chi connectivity index (χ1n) is 8.31. The van der Waals surface area contributed by atoms with Crippen molar-refractivity contribution < 1.29 is 14.3 Å². The Morgan fingerprint density at radius 2 is 2.08 bits per heavy atom. The molecule has 0 aliphatic heterocycles. The lowest BCUT2D eigenvalue weighted by Gasteiger charge is -2.27. The number of oxazole rings is 1. The van der Waals surface area contributed by atoms with Crippen molar-refractivity contribution in [2.75, 3.05) is 30.9 Å². The van der Waals surface area contributed by atoms with Crippen LogP contribution in [-0.2, 0) is 0 Å². The minimum absolute atomic E-state index is 0.170. The number of hydrogen-bond acceptors (Lipinski definition) is 5. The van der Waals surface area contributed by atoms with Crippen molar-refractivity contribution in [3.63, 3.8) is 0 Å². The fourth-order valence-corrected chi connectivity index (χ4v) is 3.03. The third kappa shape index (κ3) is 3.79. The van der Waals surface area contributed by atoms with Crippen LogP contribution in [-0.4, -0.2) is 42.9 Å². The minimum Gasteiger partial charge on any atom is -0.423 e. The highest BCUT2D eigenvalue weighted by atomic mass is 16.4. The Balaban J connectivity index is 1.59. The Morgan fingerprint density at radius 3 is 2.75 bits per heavy atom. The van der Waals surface area contributed by atoms with Gasteiger partial charge in [0.15, 0.2) is 5.58 Å². The number of aromatic nitrogens is 1. The van der Waals surface area contributed by atoms with Crippen LogP contribution >= 0.6 is 0 Å². The summed E-state index contributed by atoms with van der Waals surface area (Å²) >= 11 is 0. The van der Waals surface area contributed by atoms with Gasteiger partial charge in [0.05, 0.1) is 0 Å². The molecule has 0 unspecified atom stereocenters. The van der Waals surface area contributed by atoms with Gasteiger partial charge in [0.1, 0.15) is 5.52 Å². The molecule has 7 nitrogen and oxygen atoms in total. The summed E-state index contributed by atoms with van der Waals surface area (Å²) in [5.41, 5.74) is 2.08. The van der Waals surface area contributed by atoms with E-state index in [0.717, 1.165) is 25.7 Å². The Labute approximate surface area is 141 Å². The number of aliphatic hydroxyl groups excluding tert-OH is 1. The van der Waals surface area contributed by atoms with E-state index in [9.17, 15) is 4.79 Å². The van der Waals surface area contributed by atoms with Crippen LogP contribution in [0.25, 0.3) is 11.1 Å². The van der Waals surface area contributed by atoms with Crippen molar-refractivity contribution in [2.45, 2.75) is 31.7 Å². The summed E-state index contributed by atoms with van der Waals surface area (Å²) in [5, 5.41) is 15.0. The van der Waals surface area contributed by atoms with Gasteiger partial charge in [0.25, 0.3) is 6.01 Å². The first-order valence-corrected chi connectivity index (χ1v) is 8.31. The zero-order chi connectivity index (χ0) is 17.1. The van der Waals surface area contributed by atoms with Gasteiger partial charge in [-0.25, -0.2) is 4.79 Å². The molecule has 2 aromatic rings. The topological polar surface area (TPSA) is 90.6 Å². The van der Waals surface area contributed by atoms with Gasteiger partial charge in [-0.2, -0.15) is 4.98 Å². The van der Waals surface area contributed by atoms with Crippen LogP contribution in [0.1, 0.15) is 25.7 Å². The molecule has 0 saturated heterocycles. The molecule has 1 aromatic heterocycles. The highest BCUT2D eigenvalue weighted by Crippen LogP contribution is 2.25. The molecule has 1 aliphatic rings. The van der Waals surface area contributed by atoms with Gasteiger partial charge in [-0.05, 0) is 49.8 Å². The number of carbonyl (C=O) groups is 1. The SMILES string of the molecule is CN(C)c1nc2cc(NC(=O)NC3CCC(CO)CC3)ccc2o1. The number of nitrogens with zero attached hydrogens (tertiary/aromatic N) is 2. The first kappa shape index (κ1) is 16.6. The average Bonchev–Trinajstić information content (AvgIpc) is 2.99. The van der Waals surface area contributed by atoms with E-state index in [1.54, 1.807) is 23.1 Å². The summed E-state index contributed by atoms with van der Waals surface area (Å²) in [4.78, 5) is 18.3. The predicted molar refractivity (Wildman–Crippen MR) is 93.3 cm³/mol. The second-order valence-corrected chi connectivity index (χ2v) is 6.57. The van der Waals surface area contributed by atoms with Crippen molar-refractivity contribution in [3.8, 4) is 0 Å². The summed E-state index contributed by atoms with van der Waals surface area (Å²) in [6.07, 6.45) is 3.74. The van der Waals surface area contributed by atoms with E-state index in [2.05, 4.69) is 15.6 Å². The standard InChI is InChI=1S/C17H24N4O3/c1-21(2)17-20-14-9-13(7-8-15(14)24-17)19-16(23)18-12-5-3-11(10-22)4-6-12/h7-9,11-12,22H,3-6,10H2,1-2H3,(H2,18,19,23). The average molecular weight is 332 g/mol. The fraction of sp³-hybridized carbons (Fsp3) is 0.529. The van der Waals surface area contributed by atoms with E-state index in [-0.39, 0.29) is 18.7 Å². The number of carbonyl (C=O) groups excluding carboxylic acids is 1. The Bertz CT molecular complexity index is 705. The molecule has 1 fully saturated rings. The zero-order valence-electron chi connectivity index (χ0n) is 14.1. The van der Waals surface area contributed by atoms with E-state index in [4.69, 9.17) is 9.52 Å². The second kappa shape index (κ2) is 7.09. The molecule has 0 radical (unpaired) electrons. The highest BCUT2D eigenvalue weighted by molar-refractivity contribution is 5.92. The van der Waals surface area contributed by atoms with Gasteiger partial charge >= 0.3 is 6.03 Å². The predicted octanol–water partition coefficient (Wildman–Crippen LogP) is 2.57. The molecular formula is C17H24N4O3. The highest BCUT2D eigenvalue weighted by Gasteiger charge is 2.21. The number of amides is 2. The van der Waals surface area contributed by atoms with Crippen molar-refractivity contribution in [2.24, 2.45) is 5.92 Å². The van der Waals surface area contributed by atoms with E-state index >= 15 is 0 Å². The number of benzene rings is 1. The molecule has 7 heteroatoms. The van der Waals surface area contributed by atoms with Gasteiger partial charge in [-0.15, -0.1) is 0 Å². The zero-order valence-corrected chi connectivity index (χ0v) is 14.1. The smallest absolute Gasteiger partial charge is 0.319 e. The lowest BCUT2D eigenvalue weighted by atomic mass is 9.87. The lowest BCUT2D eigenvalue weighted by molar-refractivity contribution is 0.176. The molecule has 1 heterocycles. The van der Waals surface area contributed by atoms with Gasteiger partial charge < -0.3 is 25.1 Å². The molecule has 0 bridgehead atoms. The number of urea groups is 1. The number of hydrogen-bond donors (Lipinski definition) is 3. The third-order valence-electron chi connectivity index (χ3n) is 4.46. The number of aliphatic hydroxyl groups is 1. The molecule has 1 aromatic carbocycles. The quantitative estimate of drug-likeness (QED) is 0.800. The maximum atomic E-state index is 12.2. The summed E-state index contributed by atoms with van der Waals surface area (Å²) in [6.45, 7) is 0.242. The van der Waals surface area contributed by atoms with Gasteiger partial charge in [0.2, 0.25) is 0 Å². The summed E-state index contributed by atoms with van der Waals surface area (Å²) < 4.78 is 5.60. The molecule has 24 heavy (non-hydrogen) atoms. The van der Waals surface area contributed by atoms with Gasteiger partial charge in [0, 0.05) is 32.4 Å². The van der Waals surface area contributed by atoms with Crippen molar-refractivity contribution in [3.05, 3.63) is 18.2 Å². The Morgan fingerprint density at radius 1 is 1.33 bits per heavy atom. The Kier molecular flexibility index (Phi) is 4.89. The van der Waals surface area contributed by atoms with Crippen molar-refractivity contribution >= 4 is 28.8 Å². The molecule has 1 saturated carbocycles.